The number of nitrogens with zero attached hydrogens (tertiary/aromatic N) is 3. The van der Waals surface area contributed by atoms with E-state index in [9.17, 15) is 4.79 Å². The maximum atomic E-state index is 11.6. The number of halogens is 1. The van der Waals surface area contributed by atoms with Gasteiger partial charge in [0.15, 0.2) is 5.96 Å². The largest absolute Gasteiger partial charge is 0.444 e. The Morgan fingerprint density at radius 3 is 2.55 bits per heavy atom. The number of carbonyl (C=O) groups excluding carboxylic acids is 1. The van der Waals surface area contributed by atoms with Crippen molar-refractivity contribution >= 4 is 36.0 Å². The number of rotatable bonds is 9. The molecule has 0 saturated carbocycles. The van der Waals surface area contributed by atoms with Crippen LogP contribution in [0.3, 0.4) is 0 Å². The van der Waals surface area contributed by atoms with Crippen LogP contribution in [0, 0.1) is 0 Å². The highest BCUT2D eigenvalue weighted by atomic mass is 127. The minimum Gasteiger partial charge on any atom is -0.444 e. The van der Waals surface area contributed by atoms with E-state index >= 15 is 0 Å². The number of carbonyl (C=O) groups is 1. The highest BCUT2D eigenvalue weighted by Gasteiger charge is 2.15. The van der Waals surface area contributed by atoms with Crippen LogP contribution >= 0.6 is 24.0 Å². The molecule has 9 heteroatoms. The summed E-state index contributed by atoms with van der Waals surface area (Å²) in [5.41, 5.74) is 1.85. The molecule has 0 aliphatic heterocycles. The molecule has 1 amide bonds. The monoisotopic (exact) mass is 542 g/mol. The van der Waals surface area contributed by atoms with Crippen molar-refractivity contribution in [1.29, 1.82) is 0 Å². The SMILES string of the molecule is CCNC(=NCc1cccc(Cn2cccn2)c1)NCCCNC(=O)OC(C)(C)C.I. The van der Waals surface area contributed by atoms with Crippen LogP contribution in [0.25, 0.3) is 0 Å². The van der Waals surface area contributed by atoms with Crippen LogP contribution in [0.15, 0.2) is 47.7 Å². The number of guanidine groups is 1. The van der Waals surface area contributed by atoms with E-state index in [-0.39, 0.29) is 24.0 Å². The van der Waals surface area contributed by atoms with E-state index in [1.807, 2.05) is 50.7 Å². The van der Waals surface area contributed by atoms with Crippen LogP contribution in [0.2, 0.25) is 0 Å². The summed E-state index contributed by atoms with van der Waals surface area (Å²) in [6.07, 6.45) is 4.11. The minimum absolute atomic E-state index is 0. The third-order valence-corrected chi connectivity index (χ3v) is 3.97. The molecule has 0 atom stereocenters. The molecule has 172 valence electrons. The van der Waals surface area contributed by atoms with E-state index in [0.717, 1.165) is 31.0 Å². The topological polar surface area (TPSA) is 92.6 Å². The molecule has 31 heavy (non-hydrogen) atoms. The Kier molecular flexibility index (Phi) is 12.0. The number of ether oxygens (including phenoxy) is 1. The summed E-state index contributed by atoms with van der Waals surface area (Å²) in [7, 11) is 0. The summed E-state index contributed by atoms with van der Waals surface area (Å²) in [6.45, 7) is 10.9. The Bertz CT molecular complexity index is 803. The molecule has 0 unspecified atom stereocenters. The van der Waals surface area contributed by atoms with E-state index in [4.69, 9.17) is 4.74 Å². The number of alkyl carbamates (subject to hydrolysis) is 1. The lowest BCUT2D eigenvalue weighted by atomic mass is 10.1. The highest BCUT2D eigenvalue weighted by Crippen LogP contribution is 2.08. The number of amides is 1. The fourth-order valence-electron chi connectivity index (χ4n) is 2.72. The van der Waals surface area contributed by atoms with Gasteiger partial charge in [-0.3, -0.25) is 4.68 Å². The van der Waals surface area contributed by atoms with Gasteiger partial charge in [0.2, 0.25) is 0 Å². The molecular formula is C22H35IN6O2. The summed E-state index contributed by atoms with van der Waals surface area (Å²) in [4.78, 5) is 16.3. The maximum absolute atomic E-state index is 11.6. The van der Waals surface area contributed by atoms with Crippen LogP contribution in [0.4, 0.5) is 4.79 Å². The Labute approximate surface area is 202 Å². The lowest BCUT2D eigenvalue weighted by Gasteiger charge is -2.19. The quantitative estimate of drug-likeness (QED) is 0.195. The Balaban J connectivity index is 0.00000480. The number of aromatic nitrogens is 2. The molecule has 0 saturated heterocycles. The molecule has 2 aromatic rings. The molecule has 1 aromatic carbocycles. The van der Waals surface area contributed by atoms with Crippen molar-refractivity contribution in [3.63, 3.8) is 0 Å². The Hall–Kier alpha value is -2.30. The number of benzene rings is 1. The zero-order valence-corrected chi connectivity index (χ0v) is 21.2. The van der Waals surface area contributed by atoms with Crippen molar-refractivity contribution < 1.29 is 9.53 Å². The van der Waals surface area contributed by atoms with Crippen molar-refractivity contribution in [2.24, 2.45) is 4.99 Å². The molecule has 0 spiro atoms. The van der Waals surface area contributed by atoms with E-state index in [0.29, 0.717) is 19.6 Å². The lowest BCUT2D eigenvalue weighted by Crippen LogP contribution is -2.39. The second-order valence-electron chi connectivity index (χ2n) is 7.93. The summed E-state index contributed by atoms with van der Waals surface area (Å²) in [5, 5.41) is 13.6. The average Bonchev–Trinajstić information content (AvgIpc) is 3.17. The van der Waals surface area contributed by atoms with Crippen LogP contribution in [0.1, 0.15) is 45.2 Å². The first-order valence-electron chi connectivity index (χ1n) is 10.4. The van der Waals surface area contributed by atoms with E-state index in [2.05, 4.69) is 44.2 Å². The second kappa shape index (κ2) is 13.9. The molecule has 1 heterocycles. The minimum atomic E-state index is -0.483. The first-order chi connectivity index (χ1) is 14.4. The van der Waals surface area contributed by atoms with Crippen molar-refractivity contribution in [2.75, 3.05) is 19.6 Å². The first-order valence-corrected chi connectivity index (χ1v) is 10.4. The van der Waals surface area contributed by atoms with Crippen molar-refractivity contribution in [1.82, 2.24) is 25.7 Å². The van der Waals surface area contributed by atoms with Gasteiger partial charge in [-0.1, -0.05) is 24.3 Å². The molecule has 1 aromatic heterocycles. The van der Waals surface area contributed by atoms with Crippen LogP contribution in [-0.2, 0) is 17.8 Å². The zero-order chi connectivity index (χ0) is 21.8. The van der Waals surface area contributed by atoms with Crippen molar-refractivity contribution in [2.45, 2.75) is 52.8 Å². The summed E-state index contributed by atoms with van der Waals surface area (Å²) in [6, 6.07) is 10.3. The van der Waals surface area contributed by atoms with Gasteiger partial charge in [-0.2, -0.15) is 5.10 Å². The van der Waals surface area contributed by atoms with E-state index in [1.165, 1.54) is 5.56 Å². The number of hydrogen-bond donors (Lipinski definition) is 3. The normalized spacial score (nSPS) is 11.4. The molecule has 2 rings (SSSR count). The van der Waals surface area contributed by atoms with Gasteiger partial charge in [0.25, 0.3) is 0 Å². The zero-order valence-electron chi connectivity index (χ0n) is 18.9. The second-order valence-corrected chi connectivity index (χ2v) is 7.93. The Morgan fingerprint density at radius 2 is 1.87 bits per heavy atom. The summed E-state index contributed by atoms with van der Waals surface area (Å²) < 4.78 is 7.12. The van der Waals surface area contributed by atoms with E-state index in [1.54, 1.807) is 6.20 Å². The molecule has 0 fully saturated rings. The molecule has 0 aliphatic rings. The van der Waals surface area contributed by atoms with Gasteiger partial charge in [0, 0.05) is 32.0 Å². The van der Waals surface area contributed by atoms with Gasteiger partial charge < -0.3 is 20.7 Å². The van der Waals surface area contributed by atoms with Gasteiger partial charge in [-0.15, -0.1) is 24.0 Å². The first kappa shape index (κ1) is 26.7. The van der Waals surface area contributed by atoms with Gasteiger partial charge in [-0.05, 0) is 51.3 Å². The maximum Gasteiger partial charge on any atom is 0.407 e. The molecule has 8 nitrogen and oxygen atoms in total. The third kappa shape index (κ3) is 11.6. The number of aliphatic imine (C=N–C) groups is 1. The van der Waals surface area contributed by atoms with Gasteiger partial charge in [0.1, 0.15) is 5.60 Å². The predicted molar refractivity (Wildman–Crippen MR) is 135 cm³/mol. The van der Waals surface area contributed by atoms with Gasteiger partial charge in [0.05, 0.1) is 13.1 Å². The van der Waals surface area contributed by atoms with Crippen molar-refractivity contribution in [3.8, 4) is 0 Å². The lowest BCUT2D eigenvalue weighted by molar-refractivity contribution is 0.0527. The molecule has 0 bridgehead atoms. The molecule has 0 aliphatic carbocycles. The van der Waals surface area contributed by atoms with E-state index < -0.39 is 11.7 Å². The van der Waals surface area contributed by atoms with Crippen LogP contribution in [-0.4, -0.2) is 47.1 Å². The molecule has 0 radical (unpaired) electrons. The highest BCUT2D eigenvalue weighted by molar-refractivity contribution is 14.0. The third-order valence-electron chi connectivity index (χ3n) is 3.97. The van der Waals surface area contributed by atoms with Gasteiger partial charge >= 0.3 is 6.09 Å². The number of hydrogen-bond acceptors (Lipinski definition) is 4. The van der Waals surface area contributed by atoms with Crippen molar-refractivity contribution in [3.05, 3.63) is 53.9 Å². The predicted octanol–water partition coefficient (Wildman–Crippen LogP) is 3.52. The van der Waals surface area contributed by atoms with Crippen LogP contribution in [0.5, 0.6) is 0 Å². The average molecular weight is 542 g/mol. The summed E-state index contributed by atoms with van der Waals surface area (Å²) >= 11 is 0. The molecule has 3 N–H and O–H groups in total. The fraction of sp³-hybridized carbons (Fsp3) is 0.500. The van der Waals surface area contributed by atoms with Gasteiger partial charge in [-0.25, -0.2) is 9.79 Å². The summed E-state index contributed by atoms with van der Waals surface area (Å²) in [5.74, 6) is 0.757. The Morgan fingerprint density at radius 1 is 1.13 bits per heavy atom. The molecular weight excluding hydrogens is 507 g/mol. The standard InChI is InChI=1S/C22H34N6O2.HI/c1-5-23-20(24-11-7-12-25-21(29)30-22(2,3)4)26-16-18-9-6-10-19(15-18)17-28-14-8-13-27-28;/h6,8-10,13-15H,5,7,11-12,16-17H2,1-4H3,(H,25,29)(H2,23,24,26);1H. The fourth-order valence-corrected chi connectivity index (χ4v) is 2.72. The smallest absolute Gasteiger partial charge is 0.407 e. The number of nitrogens with one attached hydrogen (secondary N) is 3. The van der Waals surface area contributed by atoms with Crippen LogP contribution < -0.4 is 16.0 Å².